The van der Waals surface area contributed by atoms with E-state index in [0.717, 1.165) is 5.56 Å². The molecule has 1 fully saturated rings. The molecule has 1 heterocycles. The SMILES string of the molecule is C1C[NH2+]CCN1.Cc1ccc(Cl)c(Nc2ccccc2C(=O)[O-])c1Cl.O. The second kappa shape index (κ2) is 11.0. The Morgan fingerprint density at radius 2 is 1.81 bits per heavy atom. The second-order valence-corrected chi connectivity index (χ2v) is 6.41. The van der Waals surface area contributed by atoms with Crippen LogP contribution in [-0.2, 0) is 0 Å². The van der Waals surface area contributed by atoms with E-state index in [9.17, 15) is 9.90 Å². The van der Waals surface area contributed by atoms with Gasteiger partial charge in [-0.1, -0.05) is 47.5 Å². The first-order chi connectivity index (χ1) is 12.0. The van der Waals surface area contributed by atoms with Gasteiger partial charge in [0.25, 0.3) is 0 Å². The van der Waals surface area contributed by atoms with Crippen molar-refractivity contribution in [3.63, 3.8) is 0 Å². The molecule has 0 saturated carbocycles. The number of nitrogens with two attached hydrogens (primary N) is 1. The normalized spacial score (nSPS) is 13.0. The number of hydrogen-bond acceptors (Lipinski definition) is 4. The topological polar surface area (TPSA) is 112 Å². The third-order valence-electron chi connectivity index (χ3n) is 3.74. The number of rotatable bonds is 3. The lowest BCUT2D eigenvalue weighted by molar-refractivity contribution is -0.657. The van der Waals surface area contributed by atoms with Crippen LogP contribution in [0.4, 0.5) is 11.4 Å². The number of aryl methyl sites for hydroxylation is 1. The Kier molecular flexibility index (Phi) is 9.40. The van der Waals surface area contributed by atoms with Crippen molar-refractivity contribution in [2.75, 3.05) is 31.5 Å². The number of halogens is 2. The van der Waals surface area contributed by atoms with E-state index < -0.39 is 5.97 Å². The second-order valence-electron chi connectivity index (χ2n) is 5.63. The first-order valence-corrected chi connectivity index (χ1v) is 8.80. The van der Waals surface area contributed by atoms with Crippen molar-refractivity contribution in [1.29, 1.82) is 0 Å². The molecular formula is C18H23Cl2N3O3. The maximum Gasteiger partial charge on any atom is 0.0882 e. The average Bonchev–Trinajstić information content (AvgIpc) is 2.64. The highest BCUT2D eigenvalue weighted by Gasteiger charge is 2.10. The van der Waals surface area contributed by atoms with E-state index >= 15 is 0 Å². The summed E-state index contributed by atoms with van der Waals surface area (Å²) in [6.07, 6.45) is 0. The molecule has 0 amide bonds. The van der Waals surface area contributed by atoms with Gasteiger partial charge >= 0.3 is 0 Å². The number of aromatic carboxylic acids is 1. The molecule has 1 saturated heterocycles. The van der Waals surface area contributed by atoms with Crippen molar-refractivity contribution < 1.29 is 20.7 Å². The summed E-state index contributed by atoms with van der Waals surface area (Å²) < 4.78 is 0. The molecule has 0 bridgehead atoms. The van der Waals surface area contributed by atoms with Crippen LogP contribution in [0.1, 0.15) is 15.9 Å². The Bertz CT molecular complexity index is 726. The smallest absolute Gasteiger partial charge is 0.0882 e. The first-order valence-electron chi connectivity index (χ1n) is 8.05. The summed E-state index contributed by atoms with van der Waals surface area (Å²) >= 11 is 12.2. The Balaban J connectivity index is 0.000000410. The molecule has 0 aliphatic carbocycles. The minimum absolute atomic E-state index is 0. The van der Waals surface area contributed by atoms with Gasteiger partial charge in [-0.2, -0.15) is 0 Å². The van der Waals surface area contributed by atoms with E-state index in [0.29, 0.717) is 21.4 Å². The maximum absolute atomic E-state index is 11.0. The van der Waals surface area contributed by atoms with Gasteiger partial charge in [-0.05, 0) is 24.6 Å². The zero-order valence-electron chi connectivity index (χ0n) is 14.4. The van der Waals surface area contributed by atoms with Crippen molar-refractivity contribution in [2.45, 2.75) is 6.92 Å². The van der Waals surface area contributed by atoms with Crippen LogP contribution in [0.15, 0.2) is 36.4 Å². The molecule has 3 rings (SSSR count). The highest BCUT2D eigenvalue weighted by atomic mass is 35.5. The highest BCUT2D eigenvalue weighted by Crippen LogP contribution is 2.35. The molecule has 6 nitrogen and oxygen atoms in total. The van der Waals surface area contributed by atoms with Gasteiger partial charge < -0.3 is 31.3 Å². The number of carboxylic acid groups (broad SMARTS) is 1. The molecule has 6 N–H and O–H groups in total. The molecule has 0 radical (unpaired) electrons. The van der Waals surface area contributed by atoms with Gasteiger partial charge in [0.1, 0.15) is 0 Å². The van der Waals surface area contributed by atoms with Crippen LogP contribution in [0.5, 0.6) is 0 Å². The number of quaternary nitrogens is 1. The van der Waals surface area contributed by atoms with Crippen molar-refractivity contribution >= 4 is 40.5 Å². The molecular weight excluding hydrogens is 377 g/mol. The zero-order chi connectivity index (χ0) is 18.2. The Morgan fingerprint density at radius 3 is 2.35 bits per heavy atom. The molecule has 0 atom stereocenters. The third kappa shape index (κ3) is 6.16. The number of para-hydroxylation sites is 1. The van der Waals surface area contributed by atoms with Gasteiger partial charge in [-0.25, -0.2) is 0 Å². The predicted octanol–water partition coefficient (Wildman–Crippen LogP) is 0.737. The Labute approximate surface area is 162 Å². The lowest BCUT2D eigenvalue weighted by Crippen LogP contribution is -2.89. The van der Waals surface area contributed by atoms with Crippen molar-refractivity contribution in [3.8, 4) is 0 Å². The van der Waals surface area contributed by atoms with E-state index in [4.69, 9.17) is 23.2 Å². The van der Waals surface area contributed by atoms with Crippen LogP contribution in [0, 0.1) is 6.92 Å². The Morgan fingerprint density at radius 1 is 1.15 bits per heavy atom. The minimum Gasteiger partial charge on any atom is -0.545 e. The highest BCUT2D eigenvalue weighted by molar-refractivity contribution is 6.39. The lowest BCUT2D eigenvalue weighted by atomic mass is 10.1. The minimum atomic E-state index is -1.26. The molecule has 8 heteroatoms. The van der Waals surface area contributed by atoms with E-state index in [1.807, 2.05) is 6.92 Å². The van der Waals surface area contributed by atoms with E-state index in [1.54, 1.807) is 30.3 Å². The van der Waals surface area contributed by atoms with Crippen LogP contribution in [0.25, 0.3) is 0 Å². The summed E-state index contributed by atoms with van der Waals surface area (Å²) in [5, 5.41) is 20.4. The molecule has 2 aromatic rings. The van der Waals surface area contributed by atoms with E-state index in [2.05, 4.69) is 16.0 Å². The standard InChI is InChI=1S/C14H11Cl2NO2.C4H10N2.H2O/c1-8-6-7-10(15)13(12(8)16)17-11-5-3-2-4-9(11)14(18)19;1-2-6-4-3-5-1;/h2-7,17H,1H3,(H,18,19);5-6H,1-4H2;1H2. The van der Waals surface area contributed by atoms with Crippen molar-refractivity contribution in [1.82, 2.24) is 5.32 Å². The monoisotopic (exact) mass is 399 g/mol. The third-order valence-corrected chi connectivity index (χ3v) is 4.54. The van der Waals surface area contributed by atoms with Crippen LogP contribution in [0.3, 0.4) is 0 Å². The average molecular weight is 400 g/mol. The summed E-state index contributed by atoms with van der Waals surface area (Å²) in [4.78, 5) is 11.0. The molecule has 0 aromatic heterocycles. The van der Waals surface area contributed by atoms with Crippen molar-refractivity contribution in [3.05, 3.63) is 57.6 Å². The number of benzene rings is 2. The molecule has 0 spiro atoms. The molecule has 1 aliphatic rings. The van der Waals surface area contributed by atoms with E-state index in [-0.39, 0.29) is 11.0 Å². The number of carbonyl (C=O) groups excluding carboxylic acids is 1. The Hall–Kier alpha value is -1.83. The van der Waals surface area contributed by atoms with Crippen LogP contribution < -0.4 is 21.1 Å². The maximum atomic E-state index is 11.0. The fraction of sp³-hybridized carbons (Fsp3) is 0.278. The summed E-state index contributed by atoms with van der Waals surface area (Å²) in [5.74, 6) is -1.26. The summed E-state index contributed by atoms with van der Waals surface area (Å²) in [5.41, 5.74) is 1.77. The quantitative estimate of drug-likeness (QED) is 0.705. The largest absolute Gasteiger partial charge is 0.545 e. The number of carboxylic acids is 1. The molecule has 26 heavy (non-hydrogen) atoms. The number of anilines is 2. The van der Waals surface area contributed by atoms with Gasteiger partial charge in [0.05, 0.1) is 34.8 Å². The van der Waals surface area contributed by atoms with Gasteiger partial charge in [0.2, 0.25) is 0 Å². The van der Waals surface area contributed by atoms with Crippen LogP contribution in [-0.4, -0.2) is 37.6 Å². The number of hydrogen-bond donors (Lipinski definition) is 3. The predicted molar refractivity (Wildman–Crippen MR) is 103 cm³/mol. The summed E-state index contributed by atoms with van der Waals surface area (Å²) in [6, 6.07) is 9.91. The molecule has 142 valence electrons. The van der Waals surface area contributed by atoms with Gasteiger partial charge in [-0.15, -0.1) is 0 Å². The summed E-state index contributed by atoms with van der Waals surface area (Å²) in [6.45, 7) is 6.76. The number of nitrogens with one attached hydrogen (secondary N) is 2. The molecule has 2 aromatic carbocycles. The zero-order valence-corrected chi connectivity index (χ0v) is 16.0. The van der Waals surface area contributed by atoms with E-state index in [1.165, 1.54) is 32.2 Å². The lowest BCUT2D eigenvalue weighted by Gasteiger charge is -2.15. The molecule has 0 unspecified atom stereocenters. The summed E-state index contributed by atoms with van der Waals surface area (Å²) in [7, 11) is 0. The number of carbonyl (C=O) groups is 1. The molecule has 1 aliphatic heterocycles. The van der Waals surface area contributed by atoms with Crippen LogP contribution in [0.2, 0.25) is 10.0 Å². The van der Waals surface area contributed by atoms with Gasteiger partial charge in [0.15, 0.2) is 0 Å². The fourth-order valence-corrected chi connectivity index (χ4v) is 2.82. The fourth-order valence-electron chi connectivity index (χ4n) is 2.35. The van der Waals surface area contributed by atoms with Gasteiger partial charge in [0, 0.05) is 24.3 Å². The number of piperazine rings is 1. The van der Waals surface area contributed by atoms with Gasteiger partial charge in [-0.3, -0.25) is 0 Å². The van der Waals surface area contributed by atoms with Crippen LogP contribution >= 0.6 is 23.2 Å². The van der Waals surface area contributed by atoms with Crippen molar-refractivity contribution in [2.24, 2.45) is 0 Å². The first kappa shape index (κ1) is 22.2.